The minimum absolute atomic E-state index is 0.0254. The summed E-state index contributed by atoms with van der Waals surface area (Å²) in [5.74, 6) is 0.765. The molecule has 4 unspecified atom stereocenters. The summed E-state index contributed by atoms with van der Waals surface area (Å²) >= 11 is 1.88. The number of amides is 1. The molecular weight excluding hydrogens is 262 g/mol. The van der Waals surface area contributed by atoms with Crippen LogP contribution in [0.5, 0.6) is 0 Å². The maximum absolute atomic E-state index is 11.7. The van der Waals surface area contributed by atoms with E-state index in [1.807, 2.05) is 11.8 Å². The van der Waals surface area contributed by atoms with E-state index in [4.69, 9.17) is 11.5 Å². The third-order valence-electron chi connectivity index (χ3n) is 4.17. The number of nitrogens with two attached hydrogens (primary N) is 2. The highest BCUT2D eigenvalue weighted by atomic mass is 32.2. The number of fused-ring (bicyclic) bond motifs is 1. The highest BCUT2D eigenvalue weighted by molar-refractivity contribution is 7.99. The quantitative estimate of drug-likeness (QED) is 0.733. The van der Waals surface area contributed by atoms with E-state index in [0.717, 1.165) is 44.1 Å². The van der Waals surface area contributed by atoms with Crippen molar-refractivity contribution in [2.45, 2.75) is 62.0 Å². The van der Waals surface area contributed by atoms with Gasteiger partial charge in [0.2, 0.25) is 5.91 Å². The van der Waals surface area contributed by atoms with Crippen molar-refractivity contribution in [1.82, 2.24) is 4.90 Å². The second-order valence-electron chi connectivity index (χ2n) is 5.39. The van der Waals surface area contributed by atoms with Gasteiger partial charge in [0.15, 0.2) is 0 Å². The molecule has 6 heteroatoms. The Morgan fingerprint density at radius 2 is 2.16 bits per heavy atom. The van der Waals surface area contributed by atoms with Crippen molar-refractivity contribution >= 4 is 24.0 Å². The van der Waals surface area contributed by atoms with Gasteiger partial charge in [0.05, 0.1) is 11.4 Å². The third kappa shape index (κ3) is 3.30. The lowest BCUT2D eigenvalue weighted by Crippen LogP contribution is -2.59. The van der Waals surface area contributed by atoms with Crippen molar-refractivity contribution < 1.29 is 9.59 Å². The number of hydrogen-bond acceptors (Lipinski definition) is 5. The van der Waals surface area contributed by atoms with Gasteiger partial charge in [-0.15, -0.1) is 11.8 Å². The zero-order valence-electron chi connectivity index (χ0n) is 11.2. The van der Waals surface area contributed by atoms with Gasteiger partial charge in [0.25, 0.3) is 0 Å². The Morgan fingerprint density at radius 1 is 1.37 bits per heavy atom. The van der Waals surface area contributed by atoms with Crippen LogP contribution in [0.3, 0.4) is 0 Å². The van der Waals surface area contributed by atoms with Crippen molar-refractivity contribution in [1.29, 1.82) is 0 Å². The van der Waals surface area contributed by atoms with E-state index < -0.39 is 0 Å². The van der Waals surface area contributed by atoms with Crippen LogP contribution in [0.4, 0.5) is 0 Å². The lowest BCUT2D eigenvalue weighted by Gasteiger charge is -2.45. The normalized spacial score (nSPS) is 36.3. The van der Waals surface area contributed by atoms with Crippen molar-refractivity contribution in [2.75, 3.05) is 5.75 Å². The molecule has 0 aromatic carbocycles. The fourth-order valence-electron chi connectivity index (χ4n) is 3.24. The highest BCUT2D eigenvalue weighted by Crippen LogP contribution is 2.37. The SMILES string of the molecule is NC(=O)C1CCCC2SCCC(N)C(CCC=O)N21. The fourth-order valence-corrected chi connectivity index (χ4v) is 4.73. The zero-order chi connectivity index (χ0) is 13.8. The summed E-state index contributed by atoms with van der Waals surface area (Å²) in [5.41, 5.74) is 11.8. The number of carbonyl (C=O) groups is 2. The first-order chi connectivity index (χ1) is 9.15. The van der Waals surface area contributed by atoms with Gasteiger partial charge < -0.3 is 16.3 Å². The first-order valence-corrected chi connectivity index (χ1v) is 8.07. The Morgan fingerprint density at radius 3 is 2.84 bits per heavy atom. The third-order valence-corrected chi connectivity index (χ3v) is 5.50. The molecule has 0 aromatic rings. The number of aldehydes is 1. The molecule has 2 aliphatic heterocycles. The standard InChI is InChI=1S/C13H23N3O2S/c14-9-6-8-19-12-5-1-3-11(13(15)18)16(12)10(9)4-2-7-17/h7,9-12H,1-6,8,14H2,(H2,15,18). The number of piperidine rings is 1. The molecule has 5 nitrogen and oxygen atoms in total. The van der Waals surface area contributed by atoms with Crippen LogP contribution in [-0.4, -0.2) is 46.3 Å². The monoisotopic (exact) mass is 285 g/mol. The van der Waals surface area contributed by atoms with Crippen LogP contribution in [0.15, 0.2) is 0 Å². The van der Waals surface area contributed by atoms with Crippen LogP contribution in [0.2, 0.25) is 0 Å². The summed E-state index contributed by atoms with van der Waals surface area (Å²) in [6.45, 7) is 0. The summed E-state index contributed by atoms with van der Waals surface area (Å²) in [6, 6.07) is -0.0903. The molecule has 0 bridgehead atoms. The molecule has 0 radical (unpaired) electrons. The molecule has 0 aliphatic carbocycles. The molecule has 1 amide bonds. The van der Waals surface area contributed by atoms with E-state index in [1.165, 1.54) is 0 Å². The summed E-state index contributed by atoms with van der Waals surface area (Å²) in [5, 5.41) is 0.330. The molecule has 0 aromatic heterocycles. The number of carbonyl (C=O) groups excluding carboxylic acids is 2. The molecule has 4 N–H and O–H groups in total. The van der Waals surface area contributed by atoms with Gasteiger partial charge in [0, 0.05) is 18.5 Å². The molecule has 19 heavy (non-hydrogen) atoms. The van der Waals surface area contributed by atoms with E-state index >= 15 is 0 Å². The Hall–Kier alpha value is -0.590. The van der Waals surface area contributed by atoms with Crippen LogP contribution in [0.25, 0.3) is 0 Å². The smallest absolute Gasteiger partial charge is 0.234 e. The molecule has 2 rings (SSSR count). The second kappa shape index (κ2) is 6.72. The van der Waals surface area contributed by atoms with E-state index in [0.29, 0.717) is 11.8 Å². The van der Waals surface area contributed by atoms with Gasteiger partial charge in [-0.3, -0.25) is 9.69 Å². The van der Waals surface area contributed by atoms with Crippen molar-refractivity contribution in [3.8, 4) is 0 Å². The molecule has 4 atom stereocenters. The van der Waals surface area contributed by atoms with Crippen LogP contribution in [0, 0.1) is 0 Å². The fraction of sp³-hybridized carbons (Fsp3) is 0.846. The zero-order valence-corrected chi connectivity index (χ0v) is 12.0. The minimum atomic E-state index is -0.254. The van der Waals surface area contributed by atoms with Gasteiger partial charge >= 0.3 is 0 Å². The number of hydrogen-bond donors (Lipinski definition) is 2. The topological polar surface area (TPSA) is 89.4 Å². The Kier molecular flexibility index (Phi) is 5.24. The van der Waals surface area contributed by atoms with Gasteiger partial charge in [-0.25, -0.2) is 0 Å². The Labute approximate surface area is 118 Å². The predicted octanol–water partition coefficient (Wildman–Crippen LogP) is 0.464. The Balaban J connectivity index is 2.22. The van der Waals surface area contributed by atoms with E-state index in [9.17, 15) is 9.59 Å². The van der Waals surface area contributed by atoms with Crippen molar-refractivity contribution in [3.05, 3.63) is 0 Å². The van der Waals surface area contributed by atoms with Gasteiger partial charge in [-0.1, -0.05) is 0 Å². The van der Waals surface area contributed by atoms with Gasteiger partial charge in [-0.2, -0.15) is 0 Å². The minimum Gasteiger partial charge on any atom is -0.368 e. The maximum atomic E-state index is 11.7. The molecule has 2 heterocycles. The number of primary amides is 1. The highest BCUT2D eigenvalue weighted by Gasteiger charge is 2.41. The van der Waals surface area contributed by atoms with Crippen LogP contribution < -0.4 is 11.5 Å². The number of rotatable bonds is 4. The number of nitrogens with zero attached hydrogens (tertiary/aromatic N) is 1. The van der Waals surface area contributed by atoms with E-state index in [1.54, 1.807) is 0 Å². The van der Waals surface area contributed by atoms with E-state index in [-0.39, 0.29) is 24.0 Å². The lowest BCUT2D eigenvalue weighted by atomic mass is 9.93. The molecule has 2 aliphatic rings. The molecule has 2 fully saturated rings. The van der Waals surface area contributed by atoms with Crippen molar-refractivity contribution in [2.24, 2.45) is 11.5 Å². The second-order valence-corrected chi connectivity index (χ2v) is 6.67. The van der Waals surface area contributed by atoms with E-state index in [2.05, 4.69) is 4.90 Å². The van der Waals surface area contributed by atoms with Crippen LogP contribution >= 0.6 is 11.8 Å². The largest absolute Gasteiger partial charge is 0.368 e. The first kappa shape index (κ1) is 14.8. The average molecular weight is 285 g/mol. The summed E-state index contributed by atoms with van der Waals surface area (Å²) < 4.78 is 0. The van der Waals surface area contributed by atoms with Crippen molar-refractivity contribution in [3.63, 3.8) is 0 Å². The average Bonchev–Trinajstić information content (AvgIpc) is 2.54. The molecule has 0 saturated carbocycles. The van der Waals surface area contributed by atoms with Gasteiger partial charge in [0.1, 0.15) is 6.29 Å². The Bertz CT molecular complexity index is 340. The molecule has 108 valence electrons. The predicted molar refractivity (Wildman–Crippen MR) is 76.6 cm³/mol. The molecule has 0 spiro atoms. The molecule has 2 saturated heterocycles. The summed E-state index contributed by atoms with van der Waals surface area (Å²) in [7, 11) is 0. The summed E-state index contributed by atoms with van der Waals surface area (Å²) in [4.78, 5) is 24.6. The summed E-state index contributed by atoms with van der Waals surface area (Å²) in [6.07, 6.45) is 6.03. The maximum Gasteiger partial charge on any atom is 0.234 e. The first-order valence-electron chi connectivity index (χ1n) is 7.02. The number of thioether (sulfide) groups is 1. The lowest BCUT2D eigenvalue weighted by molar-refractivity contribution is -0.126. The molecular formula is C13H23N3O2S. The van der Waals surface area contributed by atoms with Gasteiger partial charge in [-0.05, 0) is 37.9 Å². The van der Waals surface area contributed by atoms with Crippen LogP contribution in [-0.2, 0) is 9.59 Å². The van der Waals surface area contributed by atoms with Crippen LogP contribution in [0.1, 0.15) is 38.5 Å².